The van der Waals surface area contributed by atoms with Gasteiger partial charge in [0.25, 0.3) is 0 Å². The summed E-state index contributed by atoms with van der Waals surface area (Å²) in [5.74, 6) is 0.323. The van der Waals surface area contributed by atoms with E-state index in [1.54, 1.807) is 12.1 Å². The third-order valence-corrected chi connectivity index (χ3v) is 5.43. The molecule has 3 aromatic rings. The molecule has 1 aromatic heterocycles. The third-order valence-electron chi connectivity index (χ3n) is 5.43. The minimum absolute atomic E-state index is 0.147. The molecule has 1 aliphatic rings. The molecule has 0 amide bonds. The summed E-state index contributed by atoms with van der Waals surface area (Å²) in [6, 6.07) is 19.2. The lowest BCUT2D eigenvalue weighted by Crippen LogP contribution is -2.51. The molecule has 2 unspecified atom stereocenters. The fraction of sp³-hybridized carbons (Fsp3) is 0.320. The van der Waals surface area contributed by atoms with E-state index in [1.165, 1.54) is 11.8 Å². The van der Waals surface area contributed by atoms with Gasteiger partial charge in [-0.2, -0.15) is 0 Å². The number of rotatable bonds is 7. The van der Waals surface area contributed by atoms with Crippen molar-refractivity contribution in [3.05, 3.63) is 83.8 Å². The maximum absolute atomic E-state index is 12.7. The van der Waals surface area contributed by atoms with Crippen LogP contribution in [0.25, 0.3) is 0 Å². The van der Waals surface area contributed by atoms with Crippen molar-refractivity contribution in [1.82, 2.24) is 0 Å². The number of carbonyl (C=O) groups is 1. The van der Waals surface area contributed by atoms with Crippen molar-refractivity contribution in [2.24, 2.45) is 0 Å². The van der Waals surface area contributed by atoms with Crippen LogP contribution >= 0.6 is 0 Å². The summed E-state index contributed by atoms with van der Waals surface area (Å²) in [7, 11) is 1.86. The van der Waals surface area contributed by atoms with Gasteiger partial charge < -0.3 is 23.9 Å². The molecule has 0 fully saturated rings. The summed E-state index contributed by atoms with van der Waals surface area (Å²) in [6.45, 7) is 4.27. The average molecular weight is 421 g/mol. The van der Waals surface area contributed by atoms with Crippen LogP contribution in [0.15, 0.2) is 71.3 Å². The second-order valence-corrected chi connectivity index (χ2v) is 8.04. The van der Waals surface area contributed by atoms with E-state index in [1.807, 2.05) is 57.3 Å². The van der Waals surface area contributed by atoms with Crippen molar-refractivity contribution >= 4 is 11.7 Å². The van der Waals surface area contributed by atoms with Gasteiger partial charge in [0.2, 0.25) is 5.76 Å². The predicted octanol–water partition coefficient (Wildman–Crippen LogP) is 5.02. The molecule has 6 nitrogen and oxygen atoms in total. The van der Waals surface area contributed by atoms with Crippen LogP contribution in [0.5, 0.6) is 5.75 Å². The molecule has 4 rings (SSSR count). The number of nitrogens with one attached hydrogen (secondary N) is 1. The van der Waals surface area contributed by atoms with Crippen molar-refractivity contribution in [3.63, 3.8) is 0 Å². The monoisotopic (exact) mass is 421 g/mol. The number of anilines is 1. The second kappa shape index (κ2) is 8.86. The molecule has 2 aromatic carbocycles. The molecule has 2 heterocycles. The molecule has 31 heavy (non-hydrogen) atoms. The first-order chi connectivity index (χ1) is 15.0. The van der Waals surface area contributed by atoms with Crippen LogP contribution in [0.2, 0.25) is 0 Å². The van der Waals surface area contributed by atoms with Gasteiger partial charge >= 0.3 is 5.97 Å². The SMILES string of the molecule is CNc1ccc2c(c1)C(OCCc1ccccc1)C(OC(=O)c1ccco1)C(C)(C)O2. The molecule has 162 valence electrons. The number of benzene rings is 2. The molecule has 1 aliphatic heterocycles. The highest BCUT2D eigenvalue weighted by Gasteiger charge is 2.47. The first-order valence-electron chi connectivity index (χ1n) is 10.4. The van der Waals surface area contributed by atoms with Crippen LogP contribution in [0.4, 0.5) is 5.69 Å². The van der Waals surface area contributed by atoms with Gasteiger partial charge in [-0.25, -0.2) is 4.79 Å². The first-order valence-corrected chi connectivity index (χ1v) is 10.4. The topological polar surface area (TPSA) is 69.9 Å². The number of fused-ring (bicyclic) bond motifs is 1. The van der Waals surface area contributed by atoms with E-state index in [0.717, 1.165) is 23.4 Å². The molecule has 0 saturated carbocycles. The van der Waals surface area contributed by atoms with Crippen LogP contribution in [-0.4, -0.2) is 31.3 Å². The number of hydrogen-bond donors (Lipinski definition) is 1. The van der Waals surface area contributed by atoms with E-state index >= 15 is 0 Å². The highest BCUT2D eigenvalue weighted by molar-refractivity contribution is 5.86. The van der Waals surface area contributed by atoms with Crippen molar-refractivity contribution < 1.29 is 23.4 Å². The van der Waals surface area contributed by atoms with Crippen LogP contribution in [0, 0.1) is 0 Å². The number of carbonyl (C=O) groups excluding carboxylic acids is 1. The maximum atomic E-state index is 12.7. The number of ether oxygens (including phenoxy) is 3. The van der Waals surface area contributed by atoms with Crippen LogP contribution in [0.1, 0.15) is 41.6 Å². The standard InChI is InChI=1S/C25H27NO5/c1-25(2)23(30-24(27)21-10-7-14-28-21)22(29-15-13-17-8-5-4-6-9-17)19-16-18(26-3)11-12-20(19)31-25/h4-12,14,16,22-23,26H,13,15H2,1-3H3. The summed E-state index contributed by atoms with van der Waals surface area (Å²) in [4.78, 5) is 12.7. The summed E-state index contributed by atoms with van der Waals surface area (Å²) in [6.07, 6.45) is 1.04. The van der Waals surface area contributed by atoms with Gasteiger partial charge in [0.15, 0.2) is 6.10 Å². The first kappa shape index (κ1) is 21.0. The fourth-order valence-electron chi connectivity index (χ4n) is 3.79. The molecular formula is C25H27NO5. The van der Waals surface area contributed by atoms with Gasteiger partial charge in [0.05, 0.1) is 12.9 Å². The Hall–Kier alpha value is -3.25. The van der Waals surface area contributed by atoms with Gasteiger partial charge in [-0.3, -0.25) is 0 Å². The highest BCUT2D eigenvalue weighted by Crippen LogP contribution is 2.44. The zero-order chi connectivity index (χ0) is 21.8. The predicted molar refractivity (Wildman–Crippen MR) is 117 cm³/mol. The Bertz CT molecular complexity index is 1010. The Labute approximate surface area is 182 Å². The average Bonchev–Trinajstić information content (AvgIpc) is 3.31. The fourth-order valence-corrected chi connectivity index (χ4v) is 3.79. The van der Waals surface area contributed by atoms with Crippen molar-refractivity contribution in [1.29, 1.82) is 0 Å². The van der Waals surface area contributed by atoms with Crippen molar-refractivity contribution in [3.8, 4) is 5.75 Å². The smallest absolute Gasteiger partial charge is 0.374 e. The van der Waals surface area contributed by atoms with E-state index in [4.69, 9.17) is 18.6 Å². The van der Waals surface area contributed by atoms with E-state index in [-0.39, 0.29) is 5.76 Å². The van der Waals surface area contributed by atoms with Crippen molar-refractivity contribution in [2.75, 3.05) is 19.0 Å². The number of hydrogen-bond acceptors (Lipinski definition) is 6. The molecule has 0 spiro atoms. The minimum atomic E-state index is -0.798. The Morgan fingerprint density at radius 1 is 1.10 bits per heavy atom. The molecule has 0 saturated heterocycles. The minimum Gasteiger partial charge on any atom is -0.483 e. The van der Waals surface area contributed by atoms with Crippen LogP contribution in [0.3, 0.4) is 0 Å². The van der Waals surface area contributed by atoms with Crippen LogP contribution in [-0.2, 0) is 15.9 Å². The summed E-state index contributed by atoms with van der Waals surface area (Å²) < 4.78 is 23.7. The summed E-state index contributed by atoms with van der Waals surface area (Å²) >= 11 is 0. The normalized spacial score (nSPS) is 19.2. The highest BCUT2D eigenvalue weighted by atomic mass is 16.6. The molecule has 2 atom stereocenters. The lowest BCUT2D eigenvalue weighted by molar-refractivity contribution is -0.140. The maximum Gasteiger partial charge on any atom is 0.374 e. The number of esters is 1. The summed E-state index contributed by atoms with van der Waals surface area (Å²) in [5.41, 5.74) is 2.15. The molecule has 1 N–H and O–H groups in total. The van der Waals surface area contributed by atoms with Gasteiger partial charge in [0, 0.05) is 18.3 Å². The second-order valence-electron chi connectivity index (χ2n) is 8.04. The van der Waals surface area contributed by atoms with Gasteiger partial charge in [0.1, 0.15) is 17.5 Å². The van der Waals surface area contributed by atoms with E-state index < -0.39 is 23.8 Å². The molecule has 0 radical (unpaired) electrons. The van der Waals surface area contributed by atoms with Gasteiger partial charge in [-0.15, -0.1) is 0 Å². The molecule has 0 aliphatic carbocycles. The molecule has 6 heteroatoms. The lowest BCUT2D eigenvalue weighted by atomic mass is 9.87. The quantitative estimate of drug-likeness (QED) is 0.540. The third kappa shape index (κ3) is 4.59. The largest absolute Gasteiger partial charge is 0.483 e. The van der Waals surface area contributed by atoms with Gasteiger partial charge in [-0.05, 0) is 56.2 Å². The Morgan fingerprint density at radius 3 is 2.61 bits per heavy atom. The van der Waals surface area contributed by atoms with Gasteiger partial charge in [-0.1, -0.05) is 30.3 Å². The Morgan fingerprint density at radius 2 is 1.90 bits per heavy atom. The van der Waals surface area contributed by atoms with Crippen molar-refractivity contribution in [2.45, 2.75) is 38.1 Å². The van der Waals surface area contributed by atoms with E-state index in [2.05, 4.69) is 17.4 Å². The van der Waals surface area contributed by atoms with Crippen LogP contribution < -0.4 is 10.1 Å². The Balaban J connectivity index is 1.62. The Kier molecular flexibility index (Phi) is 6.00. The zero-order valence-corrected chi connectivity index (χ0v) is 18.0. The van der Waals surface area contributed by atoms with E-state index in [0.29, 0.717) is 6.61 Å². The molecular weight excluding hydrogens is 394 g/mol. The molecule has 0 bridgehead atoms. The van der Waals surface area contributed by atoms with E-state index in [9.17, 15) is 4.79 Å². The number of furan rings is 1. The zero-order valence-electron chi connectivity index (χ0n) is 18.0. The lowest BCUT2D eigenvalue weighted by Gasteiger charge is -2.43. The summed E-state index contributed by atoms with van der Waals surface area (Å²) in [5, 5.41) is 3.14.